The minimum absolute atomic E-state index is 0.317. The van der Waals surface area contributed by atoms with Gasteiger partial charge in [-0.05, 0) is 43.3 Å². The summed E-state index contributed by atoms with van der Waals surface area (Å²) >= 11 is 0. The third-order valence-electron chi connectivity index (χ3n) is 4.27. The van der Waals surface area contributed by atoms with E-state index in [2.05, 4.69) is 20.4 Å². The second-order valence-electron chi connectivity index (χ2n) is 6.33. The van der Waals surface area contributed by atoms with E-state index in [1.807, 2.05) is 35.9 Å². The fourth-order valence-corrected chi connectivity index (χ4v) is 2.89. The first kappa shape index (κ1) is 17.7. The number of anilines is 2. The van der Waals surface area contributed by atoms with Crippen LogP contribution >= 0.6 is 0 Å². The molecular weight excluding hydrogens is 359 g/mol. The van der Waals surface area contributed by atoms with Gasteiger partial charge in [0.25, 0.3) is 0 Å². The van der Waals surface area contributed by atoms with E-state index in [1.54, 1.807) is 37.3 Å². The van der Waals surface area contributed by atoms with E-state index < -0.39 is 0 Å². The molecule has 0 aliphatic heterocycles. The Bertz CT molecular complexity index is 1130. The highest BCUT2D eigenvalue weighted by atomic mass is 19.1. The standard InChI is InChI=1S/C20H19FN6O/c1-13-11-27(12-22-13)17-8-7-14(9-18(17)28-3)19-24-20(26(2)25-19)23-16-6-4-5-15(21)10-16/h4-12H,1-3H3,(H,23,24,25). The number of hydrogen-bond donors (Lipinski definition) is 1. The Morgan fingerprint density at radius 3 is 2.71 bits per heavy atom. The van der Waals surface area contributed by atoms with Crippen LogP contribution in [0.2, 0.25) is 0 Å². The monoisotopic (exact) mass is 378 g/mol. The summed E-state index contributed by atoms with van der Waals surface area (Å²) in [7, 11) is 3.40. The lowest BCUT2D eigenvalue weighted by Gasteiger charge is -2.10. The average Bonchev–Trinajstić information content (AvgIpc) is 3.27. The molecule has 2 aromatic carbocycles. The zero-order valence-corrected chi connectivity index (χ0v) is 15.7. The minimum atomic E-state index is -0.317. The fourth-order valence-electron chi connectivity index (χ4n) is 2.89. The summed E-state index contributed by atoms with van der Waals surface area (Å²) < 4.78 is 22.5. The molecule has 4 aromatic rings. The van der Waals surface area contributed by atoms with Crippen LogP contribution in [0.15, 0.2) is 55.0 Å². The molecule has 0 fully saturated rings. The van der Waals surface area contributed by atoms with Crippen molar-refractivity contribution in [1.82, 2.24) is 24.3 Å². The molecule has 0 saturated carbocycles. The molecule has 0 bridgehead atoms. The zero-order chi connectivity index (χ0) is 19.7. The molecule has 142 valence electrons. The lowest BCUT2D eigenvalue weighted by Crippen LogP contribution is -2.00. The van der Waals surface area contributed by atoms with E-state index in [0.717, 1.165) is 16.9 Å². The van der Waals surface area contributed by atoms with Gasteiger partial charge in [0.2, 0.25) is 5.95 Å². The topological polar surface area (TPSA) is 69.8 Å². The van der Waals surface area contributed by atoms with Crippen LogP contribution in [-0.4, -0.2) is 31.4 Å². The smallest absolute Gasteiger partial charge is 0.225 e. The number of rotatable bonds is 5. The summed E-state index contributed by atoms with van der Waals surface area (Å²) in [5, 5.41) is 7.53. The van der Waals surface area contributed by atoms with Crippen molar-refractivity contribution in [1.29, 1.82) is 0 Å². The van der Waals surface area contributed by atoms with Crippen molar-refractivity contribution in [3.05, 3.63) is 66.5 Å². The largest absolute Gasteiger partial charge is 0.495 e. The van der Waals surface area contributed by atoms with Crippen LogP contribution in [0.4, 0.5) is 16.0 Å². The fraction of sp³-hybridized carbons (Fsp3) is 0.150. The number of methoxy groups -OCH3 is 1. The Morgan fingerprint density at radius 2 is 2.00 bits per heavy atom. The van der Waals surface area contributed by atoms with Crippen molar-refractivity contribution in [3.63, 3.8) is 0 Å². The van der Waals surface area contributed by atoms with Crippen LogP contribution in [0.5, 0.6) is 5.75 Å². The van der Waals surface area contributed by atoms with E-state index in [-0.39, 0.29) is 5.82 Å². The zero-order valence-electron chi connectivity index (χ0n) is 15.7. The first-order chi connectivity index (χ1) is 13.5. The summed E-state index contributed by atoms with van der Waals surface area (Å²) in [6.45, 7) is 1.93. The van der Waals surface area contributed by atoms with E-state index >= 15 is 0 Å². The molecule has 0 unspecified atom stereocenters. The molecule has 0 aliphatic rings. The van der Waals surface area contributed by atoms with Gasteiger partial charge in [0.05, 0.1) is 24.8 Å². The highest BCUT2D eigenvalue weighted by Crippen LogP contribution is 2.29. The van der Waals surface area contributed by atoms with Gasteiger partial charge >= 0.3 is 0 Å². The molecule has 8 heteroatoms. The summed E-state index contributed by atoms with van der Waals surface area (Å²) in [6, 6.07) is 11.9. The van der Waals surface area contributed by atoms with Gasteiger partial charge in [0.1, 0.15) is 11.6 Å². The van der Waals surface area contributed by atoms with Gasteiger partial charge in [-0.2, -0.15) is 4.98 Å². The average molecular weight is 378 g/mol. The van der Waals surface area contributed by atoms with Crippen LogP contribution < -0.4 is 10.1 Å². The van der Waals surface area contributed by atoms with Gasteiger partial charge in [-0.15, -0.1) is 5.10 Å². The Labute approximate surface area is 161 Å². The van der Waals surface area contributed by atoms with E-state index in [4.69, 9.17) is 4.74 Å². The van der Waals surface area contributed by atoms with Crippen molar-refractivity contribution in [2.45, 2.75) is 6.92 Å². The number of nitrogens with zero attached hydrogens (tertiary/aromatic N) is 5. The maximum absolute atomic E-state index is 13.4. The predicted molar refractivity (Wildman–Crippen MR) is 105 cm³/mol. The van der Waals surface area contributed by atoms with Crippen LogP contribution in [-0.2, 0) is 7.05 Å². The van der Waals surface area contributed by atoms with Gasteiger partial charge in [0, 0.05) is 24.5 Å². The van der Waals surface area contributed by atoms with E-state index in [0.29, 0.717) is 23.2 Å². The number of benzene rings is 2. The third kappa shape index (κ3) is 3.44. The van der Waals surface area contributed by atoms with Crippen molar-refractivity contribution >= 4 is 11.6 Å². The SMILES string of the molecule is COc1cc(-c2nc(Nc3cccc(F)c3)n(C)n2)ccc1-n1cnc(C)c1. The first-order valence-corrected chi connectivity index (χ1v) is 8.66. The second kappa shape index (κ2) is 7.15. The molecule has 0 atom stereocenters. The number of nitrogens with one attached hydrogen (secondary N) is 1. The molecule has 0 aliphatic carbocycles. The lowest BCUT2D eigenvalue weighted by molar-refractivity contribution is 0.413. The highest BCUT2D eigenvalue weighted by molar-refractivity contribution is 5.65. The number of halogens is 1. The number of imidazole rings is 1. The van der Waals surface area contributed by atoms with Gasteiger partial charge in [-0.25, -0.2) is 14.1 Å². The van der Waals surface area contributed by atoms with E-state index in [1.165, 1.54) is 12.1 Å². The first-order valence-electron chi connectivity index (χ1n) is 8.66. The van der Waals surface area contributed by atoms with Crippen molar-refractivity contribution in [2.24, 2.45) is 7.05 Å². The minimum Gasteiger partial charge on any atom is -0.495 e. The highest BCUT2D eigenvalue weighted by Gasteiger charge is 2.13. The van der Waals surface area contributed by atoms with Gasteiger partial charge in [-0.1, -0.05) is 6.07 Å². The molecule has 4 rings (SSSR count). The molecule has 0 radical (unpaired) electrons. The van der Waals surface area contributed by atoms with Crippen LogP contribution in [0.1, 0.15) is 5.69 Å². The normalized spacial score (nSPS) is 10.9. The lowest BCUT2D eigenvalue weighted by atomic mass is 10.1. The Kier molecular flexibility index (Phi) is 4.52. The van der Waals surface area contributed by atoms with Gasteiger partial charge in [-0.3, -0.25) is 0 Å². The molecule has 2 heterocycles. The Hall–Kier alpha value is -3.68. The molecule has 28 heavy (non-hydrogen) atoms. The summed E-state index contributed by atoms with van der Waals surface area (Å²) in [5.74, 6) is 1.41. The molecule has 0 saturated heterocycles. The number of ether oxygens (including phenoxy) is 1. The molecule has 7 nitrogen and oxygen atoms in total. The quantitative estimate of drug-likeness (QED) is 0.571. The number of aromatic nitrogens is 5. The summed E-state index contributed by atoms with van der Waals surface area (Å²) in [6.07, 6.45) is 3.67. The van der Waals surface area contributed by atoms with Gasteiger partial charge in [0.15, 0.2) is 5.82 Å². The summed E-state index contributed by atoms with van der Waals surface area (Å²) in [5.41, 5.74) is 3.21. The van der Waals surface area contributed by atoms with Crippen LogP contribution in [0, 0.1) is 12.7 Å². The van der Waals surface area contributed by atoms with Crippen molar-refractivity contribution in [3.8, 4) is 22.8 Å². The molecule has 2 aromatic heterocycles. The Morgan fingerprint density at radius 1 is 1.14 bits per heavy atom. The van der Waals surface area contributed by atoms with Crippen molar-refractivity contribution in [2.75, 3.05) is 12.4 Å². The maximum Gasteiger partial charge on any atom is 0.225 e. The third-order valence-corrected chi connectivity index (χ3v) is 4.27. The predicted octanol–water partition coefficient (Wildman–Crippen LogP) is 3.87. The summed E-state index contributed by atoms with van der Waals surface area (Å²) in [4.78, 5) is 8.78. The van der Waals surface area contributed by atoms with E-state index in [9.17, 15) is 4.39 Å². The molecule has 0 amide bonds. The number of hydrogen-bond acceptors (Lipinski definition) is 5. The van der Waals surface area contributed by atoms with Crippen molar-refractivity contribution < 1.29 is 9.13 Å². The number of aryl methyl sites for hydroxylation is 2. The van der Waals surface area contributed by atoms with Gasteiger partial charge < -0.3 is 14.6 Å². The maximum atomic E-state index is 13.4. The van der Waals surface area contributed by atoms with Crippen LogP contribution in [0.25, 0.3) is 17.1 Å². The molecule has 0 spiro atoms. The van der Waals surface area contributed by atoms with Crippen LogP contribution in [0.3, 0.4) is 0 Å². The Balaban J connectivity index is 1.66. The second-order valence-corrected chi connectivity index (χ2v) is 6.33. The molecular formula is C20H19FN6O. The molecule has 1 N–H and O–H groups in total.